The van der Waals surface area contributed by atoms with Gasteiger partial charge in [0.2, 0.25) is 0 Å². The fraction of sp³-hybridized carbons (Fsp3) is 0.938. The summed E-state index contributed by atoms with van der Waals surface area (Å²) in [6.45, 7) is 5.24. The first-order chi connectivity index (χ1) is 9.62. The summed E-state index contributed by atoms with van der Waals surface area (Å²) in [6, 6.07) is 0. The number of carboxylic acids is 1. The van der Waals surface area contributed by atoms with Gasteiger partial charge in [0.05, 0.1) is 5.41 Å². The van der Waals surface area contributed by atoms with Crippen LogP contribution in [-0.4, -0.2) is 60.6 Å². The first-order valence-corrected chi connectivity index (χ1v) is 8.27. The van der Waals surface area contributed by atoms with Crippen LogP contribution in [0.2, 0.25) is 0 Å². The molecule has 0 atom stereocenters. The molecule has 2 aliphatic rings. The zero-order chi connectivity index (χ0) is 14.4. The zero-order valence-corrected chi connectivity index (χ0v) is 12.9. The molecule has 1 N–H and O–H groups in total. The van der Waals surface area contributed by atoms with Crippen molar-refractivity contribution in [1.29, 1.82) is 0 Å². The molecule has 0 radical (unpaired) electrons. The number of hydrogen-bond acceptors (Lipinski definition) is 3. The molecule has 20 heavy (non-hydrogen) atoms. The Labute approximate surface area is 123 Å². The van der Waals surface area contributed by atoms with Gasteiger partial charge < -0.3 is 14.9 Å². The first-order valence-electron chi connectivity index (χ1n) is 8.27. The highest BCUT2D eigenvalue weighted by molar-refractivity contribution is 5.75. The van der Waals surface area contributed by atoms with Crippen molar-refractivity contribution >= 4 is 5.97 Å². The van der Waals surface area contributed by atoms with E-state index in [0.29, 0.717) is 0 Å². The highest BCUT2D eigenvalue weighted by Crippen LogP contribution is 2.36. The topological polar surface area (TPSA) is 43.8 Å². The van der Waals surface area contributed by atoms with Crippen molar-refractivity contribution in [1.82, 2.24) is 9.80 Å². The molecule has 0 aromatic heterocycles. The van der Waals surface area contributed by atoms with Gasteiger partial charge in [0, 0.05) is 19.6 Å². The third-order valence-corrected chi connectivity index (χ3v) is 5.08. The minimum atomic E-state index is -0.576. The van der Waals surface area contributed by atoms with Gasteiger partial charge in [-0.1, -0.05) is 25.7 Å². The van der Waals surface area contributed by atoms with E-state index >= 15 is 0 Å². The highest BCUT2D eigenvalue weighted by Gasteiger charge is 2.39. The number of likely N-dealkylation sites (N-methyl/N-ethyl adjacent to an activating group) is 1. The van der Waals surface area contributed by atoms with Crippen LogP contribution in [0.15, 0.2) is 0 Å². The SMILES string of the molecule is CN(CCN1CCCC1)CC1(C(=O)O)CCCCCC1. The maximum Gasteiger partial charge on any atom is 0.310 e. The average Bonchev–Trinajstić information content (AvgIpc) is 2.82. The summed E-state index contributed by atoms with van der Waals surface area (Å²) in [5, 5.41) is 9.71. The fourth-order valence-corrected chi connectivity index (χ4v) is 3.76. The maximum absolute atomic E-state index is 11.8. The number of carbonyl (C=O) groups is 1. The van der Waals surface area contributed by atoms with Crippen molar-refractivity contribution in [3.63, 3.8) is 0 Å². The van der Waals surface area contributed by atoms with Gasteiger partial charge in [-0.15, -0.1) is 0 Å². The van der Waals surface area contributed by atoms with E-state index in [1.165, 1.54) is 38.8 Å². The Kier molecular flexibility index (Phi) is 5.85. The lowest BCUT2D eigenvalue weighted by Crippen LogP contribution is -2.43. The van der Waals surface area contributed by atoms with Crippen LogP contribution in [0, 0.1) is 5.41 Å². The van der Waals surface area contributed by atoms with Crippen LogP contribution in [0.25, 0.3) is 0 Å². The van der Waals surface area contributed by atoms with E-state index in [1.807, 2.05) is 0 Å². The van der Waals surface area contributed by atoms with E-state index in [-0.39, 0.29) is 0 Å². The Bertz CT molecular complexity index is 306. The van der Waals surface area contributed by atoms with E-state index in [2.05, 4.69) is 16.8 Å². The average molecular weight is 282 g/mol. The van der Waals surface area contributed by atoms with E-state index in [9.17, 15) is 9.90 Å². The lowest BCUT2D eigenvalue weighted by Gasteiger charge is -2.33. The Morgan fingerprint density at radius 3 is 2.25 bits per heavy atom. The molecule has 116 valence electrons. The molecule has 2 rings (SSSR count). The Morgan fingerprint density at radius 1 is 1.10 bits per heavy atom. The number of rotatable bonds is 6. The van der Waals surface area contributed by atoms with Crippen LogP contribution in [0.5, 0.6) is 0 Å². The van der Waals surface area contributed by atoms with Crippen LogP contribution >= 0.6 is 0 Å². The largest absolute Gasteiger partial charge is 0.481 e. The molecule has 1 saturated heterocycles. The van der Waals surface area contributed by atoms with Crippen molar-refractivity contribution in [2.45, 2.75) is 51.4 Å². The van der Waals surface area contributed by atoms with Crippen molar-refractivity contribution in [2.24, 2.45) is 5.41 Å². The van der Waals surface area contributed by atoms with Crippen molar-refractivity contribution < 1.29 is 9.90 Å². The molecule has 1 aliphatic heterocycles. The Hall–Kier alpha value is -0.610. The number of aliphatic carboxylic acids is 1. The van der Waals surface area contributed by atoms with Gasteiger partial charge in [0.1, 0.15) is 0 Å². The predicted molar refractivity (Wildman–Crippen MR) is 80.9 cm³/mol. The summed E-state index contributed by atoms with van der Waals surface area (Å²) in [6.07, 6.45) is 8.91. The third-order valence-electron chi connectivity index (χ3n) is 5.08. The van der Waals surface area contributed by atoms with Crippen molar-refractivity contribution in [3.05, 3.63) is 0 Å². The second-order valence-corrected chi connectivity index (χ2v) is 6.79. The monoisotopic (exact) mass is 282 g/mol. The molecule has 4 nitrogen and oxygen atoms in total. The number of carboxylic acid groups (broad SMARTS) is 1. The zero-order valence-electron chi connectivity index (χ0n) is 12.9. The minimum absolute atomic E-state index is 0.490. The smallest absolute Gasteiger partial charge is 0.310 e. The van der Waals surface area contributed by atoms with Crippen LogP contribution in [0.4, 0.5) is 0 Å². The van der Waals surface area contributed by atoms with E-state index in [1.54, 1.807) is 0 Å². The van der Waals surface area contributed by atoms with Gasteiger partial charge in [-0.05, 0) is 45.8 Å². The standard InChI is InChI=1S/C16H30N2O2/c1-17(12-13-18-10-6-7-11-18)14-16(15(19)20)8-4-2-3-5-9-16/h2-14H2,1H3,(H,19,20). The second kappa shape index (κ2) is 7.41. The van der Waals surface area contributed by atoms with Crippen LogP contribution < -0.4 is 0 Å². The summed E-state index contributed by atoms with van der Waals surface area (Å²) in [4.78, 5) is 16.5. The summed E-state index contributed by atoms with van der Waals surface area (Å²) >= 11 is 0. The van der Waals surface area contributed by atoms with E-state index in [0.717, 1.165) is 45.3 Å². The molecule has 1 aliphatic carbocycles. The number of likely N-dealkylation sites (tertiary alicyclic amines) is 1. The number of hydrogen-bond donors (Lipinski definition) is 1. The summed E-state index contributed by atoms with van der Waals surface area (Å²) in [5.41, 5.74) is -0.490. The first kappa shape index (κ1) is 15.8. The molecule has 1 heterocycles. The molecule has 0 aromatic rings. The van der Waals surface area contributed by atoms with Crippen LogP contribution in [-0.2, 0) is 4.79 Å². The summed E-state index contributed by atoms with van der Waals surface area (Å²) in [5.74, 6) is -0.576. The maximum atomic E-state index is 11.8. The molecule has 0 unspecified atom stereocenters. The third kappa shape index (κ3) is 4.19. The van der Waals surface area contributed by atoms with Gasteiger partial charge in [-0.3, -0.25) is 4.79 Å². The molecular weight excluding hydrogens is 252 g/mol. The van der Waals surface area contributed by atoms with Gasteiger partial charge in [-0.25, -0.2) is 0 Å². The Balaban J connectivity index is 1.84. The van der Waals surface area contributed by atoms with Crippen molar-refractivity contribution in [3.8, 4) is 0 Å². The normalized spacial score (nSPS) is 23.9. The van der Waals surface area contributed by atoms with Crippen LogP contribution in [0.1, 0.15) is 51.4 Å². The van der Waals surface area contributed by atoms with Gasteiger partial charge in [0.25, 0.3) is 0 Å². The predicted octanol–water partition coefficient (Wildman–Crippen LogP) is 2.44. The molecule has 0 spiro atoms. The molecule has 0 aromatic carbocycles. The molecular formula is C16H30N2O2. The molecule has 1 saturated carbocycles. The van der Waals surface area contributed by atoms with Gasteiger partial charge in [0.15, 0.2) is 0 Å². The Morgan fingerprint density at radius 2 is 1.70 bits per heavy atom. The van der Waals surface area contributed by atoms with Gasteiger partial charge >= 0.3 is 5.97 Å². The second-order valence-electron chi connectivity index (χ2n) is 6.79. The van der Waals surface area contributed by atoms with Gasteiger partial charge in [-0.2, -0.15) is 0 Å². The van der Waals surface area contributed by atoms with Crippen molar-refractivity contribution in [2.75, 3.05) is 39.8 Å². The summed E-state index contributed by atoms with van der Waals surface area (Å²) in [7, 11) is 2.09. The quantitative estimate of drug-likeness (QED) is 0.760. The molecule has 0 bridgehead atoms. The summed E-state index contributed by atoms with van der Waals surface area (Å²) < 4.78 is 0. The molecule has 0 amide bonds. The van der Waals surface area contributed by atoms with E-state index < -0.39 is 11.4 Å². The molecule has 4 heteroatoms. The van der Waals surface area contributed by atoms with E-state index in [4.69, 9.17) is 0 Å². The lowest BCUT2D eigenvalue weighted by molar-refractivity contribution is -0.151. The highest BCUT2D eigenvalue weighted by atomic mass is 16.4. The number of nitrogens with zero attached hydrogens (tertiary/aromatic N) is 2. The fourth-order valence-electron chi connectivity index (χ4n) is 3.76. The minimum Gasteiger partial charge on any atom is -0.481 e. The van der Waals surface area contributed by atoms with Crippen LogP contribution in [0.3, 0.4) is 0 Å². The lowest BCUT2D eigenvalue weighted by atomic mass is 9.80. The molecule has 2 fully saturated rings.